The van der Waals surface area contributed by atoms with E-state index in [1.54, 1.807) is 18.8 Å². The van der Waals surface area contributed by atoms with E-state index in [4.69, 9.17) is 0 Å². The molecular formula is C7H9N2O. The molecule has 1 N–H and O–H groups in total. The van der Waals surface area contributed by atoms with E-state index in [1.807, 2.05) is 6.92 Å². The van der Waals surface area contributed by atoms with Gasteiger partial charge in [0.05, 0.1) is 0 Å². The molecule has 0 bridgehead atoms. The van der Waals surface area contributed by atoms with Gasteiger partial charge in [-0.05, 0) is 6.42 Å². The molecule has 10 heavy (non-hydrogen) atoms. The molecule has 0 spiro atoms. The number of aromatic nitrogens is 2. The van der Waals surface area contributed by atoms with Crippen LogP contribution in [0.15, 0.2) is 12.4 Å². The van der Waals surface area contributed by atoms with Gasteiger partial charge in [0.15, 0.2) is 5.82 Å². The Morgan fingerprint density at radius 2 is 2.70 bits per heavy atom. The minimum Gasteiger partial charge on any atom is -0.342 e. The van der Waals surface area contributed by atoms with Crippen LogP contribution in [0.1, 0.15) is 24.0 Å². The van der Waals surface area contributed by atoms with E-state index in [1.165, 1.54) is 0 Å². The van der Waals surface area contributed by atoms with Crippen LogP contribution in [0.3, 0.4) is 0 Å². The van der Waals surface area contributed by atoms with E-state index < -0.39 is 0 Å². The molecule has 1 radical (unpaired) electrons. The molecule has 0 aliphatic rings. The van der Waals surface area contributed by atoms with Crippen LogP contribution in [0.5, 0.6) is 0 Å². The number of H-pyrrole nitrogens is 1. The highest BCUT2D eigenvalue weighted by molar-refractivity contribution is 5.99. The molecule has 0 saturated heterocycles. The number of hydrogen-bond donors (Lipinski definition) is 1. The van der Waals surface area contributed by atoms with Crippen LogP contribution in [0.2, 0.25) is 0 Å². The summed E-state index contributed by atoms with van der Waals surface area (Å²) >= 11 is 0. The summed E-state index contributed by atoms with van der Waals surface area (Å²) in [6.07, 6.45) is 5.55. The van der Waals surface area contributed by atoms with Gasteiger partial charge >= 0.3 is 0 Å². The van der Waals surface area contributed by atoms with E-state index in [0.717, 1.165) is 6.42 Å². The van der Waals surface area contributed by atoms with Crippen LogP contribution in [-0.2, 0) is 0 Å². The molecule has 1 heterocycles. The number of hydrogen-bond acceptors (Lipinski definition) is 2. The van der Waals surface area contributed by atoms with Gasteiger partial charge in [-0.25, -0.2) is 4.98 Å². The van der Waals surface area contributed by atoms with Crippen molar-refractivity contribution in [3.63, 3.8) is 0 Å². The van der Waals surface area contributed by atoms with Gasteiger partial charge in [-0.2, -0.15) is 0 Å². The molecule has 3 nitrogen and oxygen atoms in total. The second-order valence-electron chi connectivity index (χ2n) is 1.91. The summed E-state index contributed by atoms with van der Waals surface area (Å²) < 4.78 is 0. The van der Waals surface area contributed by atoms with Gasteiger partial charge in [-0.1, -0.05) is 6.92 Å². The van der Waals surface area contributed by atoms with Crippen molar-refractivity contribution in [2.45, 2.75) is 13.3 Å². The minimum absolute atomic E-state index is 0.0347. The zero-order chi connectivity index (χ0) is 7.40. The maximum absolute atomic E-state index is 11.0. The number of aromatic amines is 1. The van der Waals surface area contributed by atoms with Gasteiger partial charge in [0.1, 0.15) is 0 Å². The lowest BCUT2D eigenvalue weighted by molar-refractivity contribution is 0.101. The maximum Gasteiger partial charge on any atom is 0.201 e. The van der Waals surface area contributed by atoms with Gasteiger partial charge in [-0.3, -0.25) is 4.79 Å². The fraction of sp³-hybridized carbons (Fsp3) is 0.286. The molecule has 0 amide bonds. The molecule has 0 aliphatic carbocycles. The Kier molecular flexibility index (Phi) is 2.20. The fourth-order valence-electron chi connectivity index (χ4n) is 0.682. The van der Waals surface area contributed by atoms with E-state index in [9.17, 15) is 4.79 Å². The number of imidazole rings is 1. The molecule has 0 atom stereocenters. The smallest absolute Gasteiger partial charge is 0.201 e. The predicted molar refractivity (Wildman–Crippen MR) is 37.5 cm³/mol. The van der Waals surface area contributed by atoms with Crippen molar-refractivity contribution in [2.24, 2.45) is 0 Å². The first-order valence-corrected chi connectivity index (χ1v) is 3.21. The van der Waals surface area contributed by atoms with Crippen molar-refractivity contribution >= 4 is 5.78 Å². The highest BCUT2D eigenvalue weighted by Gasteiger charge is 2.04. The average molecular weight is 137 g/mol. The van der Waals surface area contributed by atoms with E-state index in [2.05, 4.69) is 9.97 Å². The van der Waals surface area contributed by atoms with Crippen molar-refractivity contribution in [2.75, 3.05) is 0 Å². The molecular weight excluding hydrogens is 128 g/mol. The summed E-state index contributed by atoms with van der Waals surface area (Å²) in [7, 11) is 0. The number of carbonyl (C=O) groups excluding carboxylic acids is 1. The molecule has 0 saturated carbocycles. The first kappa shape index (κ1) is 6.99. The quantitative estimate of drug-likeness (QED) is 0.636. The van der Waals surface area contributed by atoms with Gasteiger partial charge in [0, 0.05) is 18.8 Å². The summed E-state index contributed by atoms with van der Waals surface area (Å²) in [5.41, 5.74) is 0. The van der Waals surface area contributed by atoms with Gasteiger partial charge in [0.2, 0.25) is 5.78 Å². The van der Waals surface area contributed by atoms with Crippen molar-refractivity contribution in [1.29, 1.82) is 0 Å². The fourth-order valence-corrected chi connectivity index (χ4v) is 0.682. The number of carbonyl (C=O) groups is 1. The Hall–Kier alpha value is -1.12. The zero-order valence-corrected chi connectivity index (χ0v) is 5.79. The molecule has 0 aliphatic heterocycles. The summed E-state index contributed by atoms with van der Waals surface area (Å²) in [5.74, 6) is 0.384. The number of ketones is 1. The van der Waals surface area contributed by atoms with Gasteiger partial charge in [0.25, 0.3) is 0 Å². The number of nitrogens with zero attached hydrogens (tertiary/aromatic N) is 1. The second kappa shape index (κ2) is 3.15. The highest BCUT2D eigenvalue weighted by Crippen LogP contribution is 1.96. The monoisotopic (exact) mass is 137 g/mol. The Morgan fingerprint density at radius 1 is 1.90 bits per heavy atom. The van der Waals surface area contributed by atoms with Crippen molar-refractivity contribution in [1.82, 2.24) is 9.97 Å². The standard InChI is InChI=1S/C7H9N2O/c1-2-3-6(10)7-8-4-5-9-7/h3-5H,2H2,1H3,(H,8,9). The molecule has 3 heteroatoms. The van der Waals surface area contributed by atoms with Crippen molar-refractivity contribution < 1.29 is 4.79 Å². The Labute approximate surface area is 59.5 Å². The third kappa shape index (κ3) is 1.43. The van der Waals surface area contributed by atoms with Crippen LogP contribution in [0, 0.1) is 6.42 Å². The SMILES string of the molecule is CC[CH]C(=O)c1ncc[nH]1. The summed E-state index contributed by atoms with van der Waals surface area (Å²) in [6, 6.07) is 0. The lowest BCUT2D eigenvalue weighted by atomic mass is 10.2. The summed E-state index contributed by atoms with van der Waals surface area (Å²) in [6.45, 7) is 1.92. The third-order valence-electron chi connectivity index (χ3n) is 1.12. The summed E-state index contributed by atoms with van der Waals surface area (Å²) in [5, 5.41) is 0. The Balaban J connectivity index is 2.59. The third-order valence-corrected chi connectivity index (χ3v) is 1.12. The van der Waals surface area contributed by atoms with Crippen molar-refractivity contribution in [3.05, 3.63) is 24.6 Å². The first-order valence-electron chi connectivity index (χ1n) is 3.21. The molecule has 1 aromatic heterocycles. The summed E-state index contributed by atoms with van der Waals surface area (Å²) in [4.78, 5) is 17.5. The van der Waals surface area contributed by atoms with Crippen LogP contribution < -0.4 is 0 Å². The molecule has 0 fully saturated rings. The number of Topliss-reactive ketones (excluding diaryl/α,β-unsaturated/α-hetero) is 1. The van der Waals surface area contributed by atoms with Crippen LogP contribution in [0.25, 0.3) is 0 Å². The lowest BCUT2D eigenvalue weighted by Crippen LogP contribution is -2.00. The number of rotatable bonds is 3. The minimum atomic E-state index is -0.0347. The molecule has 53 valence electrons. The topological polar surface area (TPSA) is 45.8 Å². The molecule has 1 aromatic rings. The largest absolute Gasteiger partial charge is 0.342 e. The van der Waals surface area contributed by atoms with E-state index in [0.29, 0.717) is 5.82 Å². The Morgan fingerprint density at radius 3 is 3.20 bits per heavy atom. The van der Waals surface area contributed by atoms with E-state index in [-0.39, 0.29) is 5.78 Å². The highest BCUT2D eigenvalue weighted by atomic mass is 16.1. The maximum atomic E-state index is 11.0. The van der Waals surface area contributed by atoms with Gasteiger partial charge in [-0.15, -0.1) is 0 Å². The van der Waals surface area contributed by atoms with Crippen LogP contribution >= 0.6 is 0 Å². The Bertz CT molecular complexity index is 203. The van der Waals surface area contributed by atoms with Gasteiger partial charge < -0.3 is 4.98 Å². The number of nitrogens with one attached hydrogen (secondary N) is 1. The van der Waals surface area contributed by atoms with Crippen molar-refractivity contribution in [3.8, 4) is 0 Å². The molecule has 0 aromatic carbocycles. The normalized spacial score (nSPS) is 9.70. The van der Waals surface area contributed by atoms with Crippen LogP contribution in [0.4, 0.5) is 0 Å². The lowest BCUT2D eigenvalue weighted by Gasteiger charge is -1.89. The van der Waals surface area contributed by atoms with E-state index >= 15 is 0 Å². The second-order valence-corrected chi connectivity index (χ2v) is 1.91. The average Bonchev–Trinajstić information content (AvgIpc) is 2.38. The predicted octanol–water partition coefficient (Wildman–Crippen LogP) is 1.21. The molecule has 1 rings (SSSR count). The zero-order valence-electron chi connectivity index (χ0n) is 5.79. The molecule has 0 unspecified atom stereocenters. The van der Waals surface area contributed by atoms with Crippen LogP contribution in [-0.4, -0.2) is 15.8 Å². The first-order chi connectivity index (χ1) is 4.84.